The van der Waals surface area contributed by atoms with Gasteiger partial charge in [0.05, 0.1) is 27.0 Å². The molecule has 38 heavy (non-hydrogen) atoms. The number of aryl methyl sites for hydroxylation is 1. The first-order valence-corrected chi connectivity index (χ1v) is 12.8. The number of carbonyl (C=O) groups excluding carboxylic acids is 1. The van der Waals surface area contributed by atoms with Crippen LogP contribution in [0.5, 0.6) is 0 Å². The first-order valence-electron chi connectivity index (χ1n) is 11.9. The van der Waals surface area contributed by atoms with E-state index in [1.165, 1.54) is 23.7 Å². The fraction of sp³-hybridized carbons (Fsp3) is 0.185. The molecule has 0 unspecified atom stereocenters. The molecule has 3 N–H and O–H groups in total. The smallest absolute Gasteiger partial charge is 0.366 e. The van der Waals surface area contributed by atoms with Gasteiger partial charge in [0.15, 0.2) is 0 Å². The van der Waals surface area contributed by atoms with E-state index in [0.717, 1.165) is 41.1 Å². The van der Waals surface area contributed by atoms with Gasteiger partial charge in [-0.25, -0.2) is 15.0 Å². The van der Waals surface area contributed by atoms with Crippen molar-refractivity contribution in [2.24, 2.45) is 0 Å². The van der Waals surface area contributed by atoms with Crippen molar-refractivity contribution in [2.75, 3.05) is 16.0 Å². The molecule has 0 spiro atoms. The van der Waals surface area contributed by atoms with Crippen LogP contribution < -0.4 is 16.0 Å². The normalized spacial score (nSPS) is 13.6. The lowest BCUT2D eigenvalue weighted by Crippen LogP contribution is -2.13. The SMILES string of the molecule is Cc1ccc2c(Nc3cccc(C(F)(F)F)c3)nccc2c1NC(=O)c1csc2c(NC3CC3)ncnc12. The van der Waals surface area contributed by atoms with Gasteiger partial charge in [-0.2, -0.15) is 13.2 Å². The first kappa shape index (κ1) is 24.1. The average Bonchev–Trinajstić information content (AvgIpc) is 3.60. The number of fused-ring (bicyclic) bond motifs is 2. The topological polar surface area (TPSA) is 91.8 Å². The molecule has 2 aromatic carbocycles. The average molecular weight is 535 g/mol. The molecule has 1 fully saturated rings. The van der Waals surface area contributed by atoms with E-state index in [4.69, 9.17) is 0 Å². The molecular weight excluding hydrogens is 513 g/mol. The number of benzene rings is 2. The van der Waals surface area contributed by atoms with Gasteiger partial charge in [-0.15, -0.1) is 11.3 Å². The molecule has 0 radical (unpaired) electrons. The number of hydrogen-bond acceptors (Lipinski definition) is 7. The molecule has 1 aliphatic carbocycles. The number of amides is 1. The highest BCUT2D eigenvalue weighted by molar-refractivity contribution is 7.18. The summed E-state index contributed by atoms with van der Waals surface area (Å²) < 4.78 is 40.4. The monoisotopic (exact) mass is 534 g/mol. The maximum absolute atomic E-state index is 13.4. The highest BCUT2D eigenvalue weighted by Gasteiger charge is 2.30. The minimum atomic E-state index is -4.45. The third-order valence-corrected chi connectivity index (χ3v) is 7.34. The number of alkyl halides is 3. The summed E-state index contributed by atoms with van der Waals surface area (Å²) in [6.07, 6.45) is 0.755. The van der Waals surface area contributed by atoms with Crippen LogP contribution in [0.3, 0.4) is 0 Å². The Labute approximate surface area is 219 Å². The maximum Gasteiger partial charge on any atom is 0.416 e. The lowest BCUT2D eigenvalue weighted by Gasteiger charge is -2.15. The Morgan fingerprint density at radius 1 is 1.03 bits per heavy atom. The number of thiophene rings is 1. The maximum atomic E-state index is 13.4. The van der Waals surface area contributed by atoms with Crippen LogP contribution in [0.4, 0.5) is 36.2 Å². The summed E-state index contributed by atoms with van der Waals surface area (Å²) in [4.78, 5) is 26.5. The second kappa shape index (κ2) is 9.25. The number of pyridine rings is 1. The van der Waals surface area contributed by atoms with Crippen molar-refractivity contribution >= 4 is 61.2 Å². The molecule has 3 heterocycles. The van der Waals surface area contributed by atoms with Crippen LogP contribution in [0.15, 0.2) is 60.4 Å². The molecule has 1 amide bonds. The molecular formula is C27H21F3N6OS. The zero-order valence-corrected chi connectivity index (χ0v) is 20.9. The number of anilines is 4. The number of halogens is 3. The van der Waals surface area contributed by atoms with E-state index in [0.29, 0.717) is 39.4 Å². The van der Waals surface area contributed by atoms with Crippen LogP contribution in [0.2, 0.25) is 0 Å². The number of carbonyl (C=O) groups is 1. The van der Waals surface area contributed by atoms with Crippen molar-refractivity contribution in [3.8, 4) is 0 Å². The van der Waals surface area contributed by atoms with Crippen LogP contribution >= 0.6 is 11.3 Å². The van der Waals surface area contributed by atoms with E-state index < -0.39 is 11.7 Å². The highest BCUT2D eigenvalue weighted by atomic mass is 32.1. The Balaban J connectivity index is 1.33. The first-order chi connectivity index (χ1) is 18.3. The van der Waals surface area contributed by atoms with Gasteiger partial charge in [0.25, 0.3) is 5.91 Å². The summed E-state index contributed by atoms with van der Waals surface area (Å²) >= 11 is 1.42. The lowest BCUT2D eigenvalue weighted by atomic mass is 10.0. The second-order valence-electron chi connectivity index (χ2n) is 9.14. The fourth-order valence-corrected chi connectivity index (χ4v) is 5.21. The van der Waals surface area contributed by atoms with E-state index in [9.17, 15) is 18.0 Å². The summed E-state index contributed by atoms with van der Waals surface area (Å²) in [6.45, 7) is 1.88. The Kier molecular flexibility index (Phi) is 5.87. The van der Waals surface area contributed by atoms with Crippen LogP contribution in [0.1, 0.15) is 34.3 Å². The molecule has 6 rings (SSSR count). The molecule has 0 aliphatic heterocycles. The van der Waals surface area contributed by atoms with Crippen LogP contribution in [0, 0.1) is 6.92 Å². The molecule has 11 heteroatoms. The molecule has 0 saturated heterocycles. The molecule has 1 aliphatic rings. The molecule has 192 valence electrons. The number of hydrogen-bond donors (Lipinski definition) is 3. The van der Waals surface area contributed by atoms with E-state index in [1.54, 1.807) is 23.7 Å². The zero-order valence-electron chi connectivity index (χ0n) is 20.1. The number of aromatic nitrogens is 3. The largest absolute Gasteiger partial charge is 0.416 e. The van der Waals surface area contributed by atoms with Gasteiger partial charge in [-0.05, 0) is 49.6 Å². The number of nitrogens with zero attached hydrogens (tertiary/aromatic N) is 3. The van der Waals surface area contributed by atoms with Crippen molar-refractivity contribution in [1.29, 1.82) is 0 Å². The Bertz CT molecular complexity index is 1700. The molecule has 3 aromatic heterocycles. The quantitative estimate of drug-likeness (QED) is 0.215. The summed E-state index contributed by atoms with van der Waals surface area (Å²) in [5, 5.41) is 12.5. The Hall–Kier alpha value is -4.25. The van der Waals surface area contributed by atoms with Gasteiger partial charge < -0.3 is 16.0 Å². The summed E-state index contributed by atoms with van der Waals surface area (Å²) in [5.74, 6) is 0.799. The van der Waals surface area contributed by atoms with Gasteiger partial charge in [0.1, 0.15) is 18.0 Å². The highest BCUT2D eigenvalue weighted by Crippen LogP contribution is 2.36. The zero-order chi connectivity index (χ0) is 26.4. The minimum absolute atomic E-state index is 0.256. The Morgan fingerprint density at radius 3 is 2.66 bits per heavy atom. The Morgan fingerprint density at radius 2 is 1.87 bits per heavy atom. The van der Waals surface area contributed by atoms with E-state index in [-0.39, 0.29) is 11.6 Å². The minimum Gasteiger partial charge on any atom is -0.366 e. The van der Waals surface area contributed by atoms with Crippen molar-refractivity contribution in [1.82, 2.24) is 15.0 Å². The lowest BCUT2D eigenvalue weighted by molar-refractivity contribution is -0.137. The van der Waals surface area contributed by atoms with Gasteiger partial charge in [-0.1, -0.05) is 18.2 Å². The van der Waals surface area contributed by atoms with Crippen molar-refractivity contribution in [3.63, 3.8) is 0 Å². The standard InChI is InChI=1S/C27H21F3N6OS/c1-14-5-8-19-18(9-10-31-24(19)35-17-4-2-3-15(11-17)27(28,29)30)21(14)36-26(37)20-12-38-23-22(20)32-13-33-25(23)34-16-6-7-16/h2-5,8-13,16H,6-7H2,1H3,(H,31,35)(H,36,37)(H,32,33,34). The van der Waals surface area contributed by atoms with E-state index in [2.05, 4.69) is 30.9 Å². The predicted molar refractivity (Wildman–Crippen MR) is 143 cm³/mol. The third-order valence-electron chi connectivity index (χ3n) is 6.36. The van der Waals surface area contributed by atoms with Crippen molar-refractivity contribution < 1.29 is 18.0 Å². The van der Waals surface area contributed by atoms with Crippen LogP contribution in [-0.2, 0) is 6.18 Å². The van der Waals surface area contributed by atoms with Gasteiger partial charge in [-0.3, -0.25) is 4.79 Å². The second-order valence-corrected chi connectivity index (χ2v) is 10.0. The number of rotatable bonds is 6. The van der Waals surface area contributed by atoms with Gasteiger partial charge >= 0.3 is 6.18 Å². The summed E-state index contributed by atoms with van der Waals surface area (Å²) in [7, 11) is 0. The van der Waals surface area contributed by atoms with Gasteiger partial charge in [0, 0.05) is 34.1 Å². The molecule has 0 bridgehead atoms. The third kappa shape index (κ3) is 4.60. The van der Waals surface area contributed by atoms with Crippen LogP contribution in [-0.4, -0.2) is 26.9 Å². The summed E-state index contributed by atoms with van der Waals surface area (Å²) in [6, 6.07) is 10.8. The molecule has 1 saturated carbocycles. The fourth-order valence-electron chi connectivity index (χ4n) is 4.26. The molecule has 5 aromatic rings. The number of nitrogens with one attached hydrogen (secondary N) is 3. The van der Waals surface area contributed by atoms with Crippen LogP contribution in [0.25, 0.3) is 21.0 Å². The van der Waals surface area contributed by atoms with E-state index in [1.807, 2.05) is 19.1 Å². The van der Waals surface area contributed by atoms with Gasteiger partial charge in [0.2, 0.25) is 0 Å². The molecule has 7 nitrogen and oxygen atoms in total. The predicted octanol–water partition coefficient (Wildman–Crippen LogP) is 7.14. The van der Waals surface area contributed by atoms with E-state index >= 15 is 0 Å². The van der Waals surface area contributed by atoms with Crippen molar-refractivity contribution in [2.45, 2.75) is 32.0 Å². The van der Waals surface area contributed by atoms with Crippen molar-refractivity contribution in [3.05, 3.63) is 77.1 Å². The summed E-state index contributed by atoms with van der Waals surface area (Å²) in [5.41, 5.74) is 1.94. The molecule has 0 atom stereocenters.